The smallest absolute Gasteiger partial charge is 0.273 e. The number of benzene rings is 1. The van der Waals surface area contributed by atoms with Crippen LogP contribution in [0.3, 0.4) is 0 Å². The fraction of sp³-hybridized carbons (Fsp3) is 0.368. The van der Waals surface area contributed by atoms with Gasteiger partial charge < -0.3 is 15.4 Å². The van der Waals surface area contributed by atoms with Crippen molar-refractivity contribution in [3.63, 3.8) is 0 Å². The first kappa shape index (κ1) is 18.7. The molecule has 0 bridgehead atoms. The molecule has 1 fully saturated rings. The van der Waals surface area contributed by atoms with E-state index in [4.69, 9.17) is 4.74 Å². The quantitative estimate of drug-likeness (QED) is 0.743. The van der Waals surface area contributed by atoms with Gasteiger partial charge in [-0.3, -0.25) is 9.59 Å². The molecule has 4 rings (SSSR count). The molecule has 0 spiro atoms. The van der Waals surface area contributed by atoms with Crippen LogP contribution in [0.5, 0.6) is 0 Å². The number of rotatable bonds is 5. The molecule has 0 saturated heterocycles. The fourth-order valence-corrected chi connectivity index (χ4v) is 5.06. The number of fused-ring (bicyclic) bond motifs is 2. The maximum Gasteiger partial charge on any atom is 0.273 e. The van der Waals surface area contributed by atoms with E-state index in [-0.39, 0.29) is 33.9 Å². The highest BCUT2D eigenvalue weighted by Crippen LogP contribution is 2.29. The van der Waals surface area contributed by atoms with E-state index in [2.05, 4.69) is 10.6 Å². The van der Waals surface area contributed by atoms with Gasteiger partial charge >= 0.3 is 0 Å². The molecule has 8 nitrogen and oxygen atoms in total. The number of anilines is 1. The Hall–Kier alpha value is -2.65. The van der Waals surface area contributed by atoms with Crippen molar-refractivity contribution in [1.29, 1.82) is 0 Å². The maximum absolute atomic E-state index is 12.8. The number of ether oxygens (including phenoxy) is 1. The molecule has 0 unspecified atom stereocenters. The molecule has 2 heterocycles. The fourth-order valence-electron chi connectivity index (χ4n) is 3.58. The summed E-state index contributed by atoms with van der Waals surface area (Å²) in [6.45, 7) is 0.796. The molecular formula is C19H21N3O5S. The lowest BCUT2D eigenvalue weighted by Crippen LogP contribution is -2.28. The molecule has 2 N–H and O–H groups in total. The van der Waals surface area contributed by atoms with Crippen LogP contribution in [0.1, 0.15) is 46.5 Å². The topological polar surface area (TPSA) is 106 Å². The highest BCUT2D eigenvalue weighted by molar-refractivity contribution is 7.90. The second-order valence-corrected chi connectivity index (χ2v) is 8.68. The molecule has 1 aromatic heterocycles. The first-order valence-corrected chi connectivity index (χ1v) is 10.7. The number of carbonyl (C=O) groups is 2. The Balaban J connectivity index is 1.48. The number of hydrogen-bond donors (Lipinski definition) is 2. The van der Waals surface area contributed by atoms with E-state index in [1.165, 1.54) is 49.4 Å². The Bertz CT molecular complexity index is 1020. The molecule has 0 radical (unpaired) electrons. The lowest BCUT2D eigenvalue weighted by molar-refractivity contribution is 0.0582. The number of carbonyl (C=O) groups excluding carboxylic acids is 2. The monoisotopic (exact) mass is 403 g/mol. The van der Waals surface area contributed by atoms with Crippen molar-refractivity contribution in [2.45, 2.75) is 36.7 Å². The van der Waals surface area contributed by atoms with Gasteiger partial charge in [0.05, 0.1) is 18.4 Å². The predicted molar refractivity (Wildman–Crippen MR) is 102 cm³/mol. The minimum atomic E-state index is -3.92. The lowest BCUT2D eigenvalue weighted by Gasteiger charge is -2.12. The number of amides is 2. The number of nitrogens with zero attached hydrogens (tertiary/aromatic N) is 1. The van der Waals surface area contributed by atoms with Crippen LogP contribution in [0.25, 0.3) is 0 Å². The third kappa shape index (κ3) is 3.43. The van der Waals surface area contributed by atoms with Crippen LogP contribution in [-0.4, -0.2) is 43.5 Å². The number of nitrogens with one attached hydrogen (secondary N) is 2. The van der Waals surface area contributed by atoms with Gasteiger partial charge in [-0.05, 0) is 43.2 Å². The van der Waals surface area contributed by atoms with Crippen molar-refractivity contribution in [1.82, 2.24) is 9.29 Å². The average molecular weight is 403 g/mol. The summed E-state index contributed by atoms with van der Waals surface area (Å²) in [5, 5.41) is 5.33. The summed E-state index contributed by atoms with van der Waals surface area (Å²) in [7, 11) is -3.92. The highest BCUT2D eigenvalue weighted by Gasteiger charge is 2.30. The van der Waals surface area contributed by atoms with Gasteiger partial charge in [0.15, 0.2) is 0 Å². The van der Waals surface area contributed by atoms with E-state index in [0.29, 0.717) is 13.2 Å². The van der Waals surface area contributed by atoms with E-state index in [0.717, 1.165) is 16.8 Å². The van der Waals surface area contributed by atoms with Crippen molar-refractivity contribution < 1.29 is 22.7 Å². The summed E-state index contributed by atoms with van der Waals surface area (Å²) in [5.74, 6) is -0.900. The molecule has 28 heavy (non-hydrogen) atoms. The van der Waals surface area contributed by atoms with Crippen LogP contribution >= 0.6 is 0 Å². The number of aromatic nitrogens is 1. The second kappa shape index (κ2) is 7.40. The second-order valence-electron chi connectivity index (χ2n) is 6.89. The van der Waals surface area contributed by atoms with E-state index in [1.54, 1.807) is 0 Å². The Labute approximate surface area is 162 Å². The molecule has 1 aliphatic heterocycles. The van der Waals surface area contributed by atoms with Crippen molar-refractivity contribution in [2.75, 3.05) is 18.5 Å². The van der Waals surface area contributed by atoms with Crippen LogP contribution in [-0.2, 0) is 14.8 Å². The Kier molecular flexibility index (Phi) is 4.94. The van der Waals surface area contributed by atoms with Gasteiger partial charge in [0, 0.05) is 18.3 Å². The average Bonchev–Trinajstić information content (AvgIpc) is 3.35. The van der Waals surface area contributed by atoms with E-state index in [9.17, 15) is 18.0 Å². The first-order chi connectivity index (χ1) is 13.5. The van der Waals surface area contributed by atoms with Crippen LogP contribution in [0.2, 0.25) is 0 Å². The standard InChI is InChI=1S/C19H21N3O5S/c23-18(20-9-11-27-14-4-1-2-5-14)13-7-8-17-15(12-13)21-19(24)16-6-3-10-22(16)28(17,25)26/h3,6-8,10,12,14H,1-2,4-5,9,11H2,(H,20,23)(H,21,24). The molecule has 1 aromatic carbocycles. The zero-order chi connectivity index (χ0) is 19.7. The third-order valence-corrected chi connectivity index (χ3v) is 6.76. The van der Waals surface area contributed by atoms with Gasteiger partial charge in [-0.25, -0.2) is 12.4 Å². The molecule has 1 aliphatic carbocycles. The molecule has 2 aromatic rings. The largest absolute Gasteiger partial charge is 0.376 e. The van der Waals surface area contributed by atoms with Crippen LogP contribution < -0.4 is 10.6 Å². The summed E-state index contributed by atoms with van der Waals surface area (Å²) in [6.07, 6.45) is 6.10. The number of hydrogen-bond acceptors (Lipinski definition) is 5. The van der Waals surface area contributed by atoms with Crippen molar-refractivity contribution in [3.8, 4) is 0 Å². The van der Waals surface area contributed by atoms with Gasteiger partial charge in [0.1, 0.15) is 10.6 Å². The molecule has 2 amide bonds. The summed E-state index contributed by atoms with van der Waals surface area (Å²) >= 11 is 0. The third-order valence-electron chi connectivity index (χ3n) is 5.02. The molecule has 0 atom stereocenters. The van der Waals surface area contributed by atoms with E-state index < -0.39 is 15.9 Å². The van der Waals surface area contributed by atoms with Gasteiger partial charge in [0.25, 0.3) is 21.8 Å². The first-order valence-electron chi connectivity index (χ1n) is 9.25. The summed E-state index contributed by atoms with van der Waals surface area (Å²) in [5.41, 5.74) is 0.372. The molecule has 9 heteroatoms. The summed E-state index contributed by atoms with van der Waals surface area (Å²) in [4.78, 5) is 24.7. The van der Waals surface area contributed by atoms with Crippen LogP contribution in [0.4, 0.5) is 5.69 Å². The summed E-state index contributed by atoms with van der Waals surface area (Å²) in [6, 6.07) is 7.07. The van der Waals surface area contributed by atoms with Gasteiger partial charge in [-0.1, -0.05) is 12.8 Å². The summed E-state index contributed by atoms with van der Waals surface area (Å²) < 4.78 is 32.2. The van der Waals surface area contributed by atoms with E-state index in [1.807, 2.05) is 0 Å². The highest BCUT2D eigenvalue weighted by atomic mass is 32.2. The molecule has 2 aliphatic rings. The Morgan fingerprint density at radius 3 is 2.82 bits per heavy atom. The van der Waals surface area contributed by atoms with Gasteiger partial charge in [-0.2, -0.15) is 0 Å². The Morgan fingerprint density at radius 2 is 2.04 bits per heavy atom. The zero-order valence-corrected chi connectivity index (χ0v) is 16.0. The minimum absolute atomic E-state index is 0.0197. The SMILES string of the molecule is O=C(NCCOC1CCCC1)c1ccc2c(c1)NC(=O)c1cccn1S2(=O)=O. The molecule has 148 valence electrons. The van der Waals surface area contributed by atoms with Crippen molar-refractivity contribution >= 4 is 27.5 Å². The van der Waals surface area contributed by atoms with Crippen LogP contribution in [0.15, 0.2) is 41.4 Å². The Morgan fingerprint density at radius 1 is 1.25 bits per heavy atom. The lowest BCUT2D eigenvalue weighted by atomic mass is 10.2. The minimum Gasteiger partial charge on any atom is -0.376 e. The van der Waals surface area contributed by atoms with E-state index >= 15 is 0 Å². The van der Waals surface area contributed by atoms with Crippen molar-refractivity contribution in [2.24, 2.45) is 0 Å². The van der Waals surface area contributed by atoms with Crippen molar-refractivity contribution in [3.05, 3.63) is 47.8 Å². The molecule has 1 saturated carbocycles. The normalized spacial score (nSPS) is 18.1. The zero-order valence-electron chi connectivity index (χ0n) is 15.2. The maximum atomic E-state index is 12.8. The predicted octanol–water partition coefficient (Wildman–Crippen LogP) is 1.98. The molecular weight excluding hydrogens is 382 g/mol. The van der Waals surface area contributed by atoms with Gasteiger partial charge in [0.2, 0.25) is 0 Å². The van der Waals surface area contributed by atoms with Crippen LogP contribution in [0, 0.1) is 0 Å². The van der Waals surface area contributed by atoms with Gasteiger partial charge in [-0.15, -0.1) is 0 Å².